The van der Waals surface area contributed by atoms with Crippen LogP contribution in [0.15, 0.2) is 36.5 Å². The summed E-state index contributed by atoms with van der Waals surface area (Å²) in [6.45, 7) is 2.07. The van der Waals surface area contributed by atoms with Gasteiger partial charge in [-0.3, -0.25) is 14.9 Å². The first-order valence-corrected chi connectivity index (χ1v) is 9.72. The van der Waals surface area contributed by atoms with E-state index >= 15 is 0 Å². The lowest BCUT2D eigenvalue weighted by Crippen LogP contribution is -2.40. The van der Waals surface area contributed by atoms with Crippen molar-refractivity contribution >= 4 is 11.6 Å². The van der Waals surface area contributed by atoms with Crippen LogP contribution in [0.1, 0.15) is 43.1 Å². The van der Waals surface area contributed by atoms with Crippen molar-refractivity contribution in [2.75, 3.05) is 0 Å². The van der Waals surface area contributed by atoms with Crippen LogP contribution >= 0.6 is 0 Å². The van der Waals surface area contributed by atoms with Crippen LogP contribution in [0.4, 0.5) is 5.69 Å². The molecule has 2 bridgehead atoms. The number of rotatable bonds is 7. The molecule has 2 fully saturated rings. The van der Waals surface area contributed by atoms with E-state index in [1.165, 1.54) is 42.5 Å². The number of hydrogen-bond donors (Lipinski definition) is 1. The van der Waals surface area contributed by atoms with Crippen molar-refractivity contribution in [3.8, 4) is 5.75 Å². The Balaban J connectivity index is 1.34. The Morgan fingerprint density at radius 3 is 2.89 bits per heavy atom. The summed E-state index contributed by atoms with van der Waals surface area (Å²) in [4.78, 5) is 23.1. The van der Waals surface area contributed by atoms with Gasteiger partial charge in [0, 0.05) is 18.3 Å². The fraction of sp³-hybridized carbons (Fsp3) is 0.500. The molecule has 1 amide bonds. The Bertz CT molecular complexity index is 881. The Kier molecular flexibility index (Phi) is 5.02. The molecule has 0 unspecified atom stereocenters. The lowest BCUT2D eigenvalue weighted by Gasteiger charge is -2.28. The van der Waals surface area contributed by atoms with Crippen molar-refractivity contribution < 1.29 is 14.5 Å². The van der Waals surface area contributed by atoms with Gasteiger partial charge in [0.1, 0.15) is 5.69 Å². The SMILES string of the molecule is C[C@@H](NC(=O)c1ccn(COc2ccccc2[N+](=O)[O-])n1)[C@@H]1C[C@H]2CC[C@H]1C2. The molecule has 8 nitrogen and oxygen atoms in total. The summed E-state index contributed by atoms with van der Waals surface area (Å²) < 4.78 is 6.95. The van der Waals surface area contributed by atoms with Gasteiger partial charge in [-0.15, -0.1) is 0 Å². The quantitative estimate of drug-likeness (QED) is 0.583. The fourth-order valence-corrected chi connectivity index (χ4v) is 4.71. The predicted molar refractivity (Wildman–Crippen MR) is 102 cm³/mol. The minimum absolute atomic E-state index is 0.0138. The fourth-order valence-electron chi connectivity index (χ4n) is 4.71. The standard InChI is InChI=1S/C20H24N4O4/c1-13(16-11-14-6-7-15(16)10-14)21-20(25)17-8-9-23(22-17)12-28-19-5-3-2-4-18(19)24(26)27/h2-5,8-9,13-16H,6-7,10-12H2,1H3,(H,21,25)/t13-,14+,15+,16+/m1/s1. The third kappa shape index (κ3) is 3.72. The number of benzene rings is 1. The van der Waals surface area contributed by atoms with Gasteiger partial charge in [0.2, 0.25) is 0 Å². The van der Waals surface area contributed by atoms with Crippen LogP contribution in [-0.2, 0) is 6.73 Å². The van der Waals surface area contributed by atoms with Gasteiger partial charge in [0.15, 0.2) is 12.5 Å². The van der Waals surface area contributed by atoms with E-state index in [1.54, 1.807) is 24.4 Å². The Morgan fingerprint density at radius 1 is 1.36 bits per heavy atom. The average molecular weight is 384 g/mol. The minimum atomic E-state index is -0.492. The van der Waals surface area contributed by atoms with Crippen LogP contribution in [0.2, 0.25) is 0 Å². The highest BCUT2D eigenvalue weighted by molar-refractivity contribution is 5.92. The first-order chi connectivity index (χ1) is 13.5. The van der Waals surface area contributed by atoms with Gasteiger partial charge in [-0.1, -0.05) is 18.6 Å². The topological polar surface area (TPSA) is 99.3 Å². The van der Waals surface area contributed by atoms with Gasteiger partial charge in [-0.25, -0.2) is 4.68 Å². The van der Waals surface area contributed by atoms with Crippen LogP contribution in [0.3, 0.4) is 0 Å². The molecular formula is C20H24N4O4. The second kappa shape index (κ2) is 7.61. The molecular weight excluding hydrogens is 360 g/mol. The smallest absolute Gasteiger partial charge is 0.311 e. The number of nitrogens with one attached hydrogen (secondary N) is 1. The van der Waals surface area contributed by atoms with Crippen molar-refractivity contribution in [3.63, 3.8) is 0 Å². The van der Waals surface area contributed by atoms with Crippen molar-refractivity contribution in [2.24, 2.45) is 17.8 Å². The molecule has 0 aliphatic heterocycles. The molecule has 148 valence electrons. The first-order valence-electron chi connectivity index (χ1n) is 9.72. The monoisotopic (exact) mass is 384 g/mol. The van der Waals surface area contributed by atoms with Gasteiger partial charge in [0.05, 0.1) is 4.92 Å². The third-order valence-electron chi connectivity index (χ3n) is 6.08. The molecule has 4 atom stereocenters. The molecule has 8 heteroatoms. The molecule has 0 spiro atoms. The largest absolute Gasteiger partial charge is 0.464 e. The zero-order valence-electron chi connectivity index (χ0n) is 15.8. The summed E-state index contributed by atoms with van der Waals surface area (Å²) in [5.74, 6) is 2.12. The van der Waals surface area contributed by atoms with Crippen LogP contribution in [0.25, 0.3) is 0 Å². The number of carbonyl (C=O) groups is 1. The minimum Gasteiger partial charge on any atom is -0.464 e. The molecule has 4 rings (SSSR count). The van der Waals surface area contributed by atoms with Crippen LogP contribution in [-0.4, -0.2) is 26.7 Å². The van der Waals surface area contributed by atoms with Gasteiger partial charge in [-0.2, -0.15) is 5.10 Å². The number of hydrogen-bond acceptors (Lipinski definition) is 5. The number of carbonyl (C=O) groups excluding carboxylic acids is 1. The lowest BCUT2D eigenvalue weighted by molar-refractivity contribution is -0.386. The van der Waals surface area contributed by atoms with E-state index in [-0.39, 0.29) is 30.1 Å². The van der Waals surface area contributed by atoms with Crippen molar-refractivity contribution in [1.82, 2.24) is 15.1 Å². The molecule has 2 aliphatic carbocycles. The summed E-state index contributed by atoms with van der Waals surface area (Å²) in [5, 5.41) is 18.4. The number of nitro groups is 1. The maximum atomic E-state index is 12.5. The summed E-state index contributed by atoms with van der Waals surface area (Å²) in [5.41, 5.74) is 0.216. The number of para-hydroxylation sites is 2. The number of ether oxygens (including phenoxy) is 1. The van der Waals surface area contributed by atoms with E-state index in [0.29, 0.717) is 11.6 Å². The number of nitrogens with zero attached hydrogens (tertiary/aromatic N) is 3. The normalized spacial score (nSPS) is 24.1. The zero-order valence-corrected chi connectivity index (χ0v) is 15.8. The van der Waals surface area contributed by atoms with Gasteiger partial charge >= 0.3 is 5.69 Å². The number of nitro benzene ring substituents is 1. The molecule has 28 heavy (non-hydrogen) atoms. The summed E-state index contributed by atoms with van der Waals surface area (Å²) in [7, 11) is 0. The van der Waals surface area contributed by atoms with E-state index in [9.17, 15) is 14.9 Å². The van der Waals surface area contributed by atoms with Crippen molar-refractivity contribution in [2.45, 2.75) is 45.4 Å². The average Bonchev–Trinajstić information content (AvgIpc) is 3.43. The maximum Gasteiger partial charge on any atom is 0.311 e. The molecule has 1 N–H and O–H groups in total. The number of fused-ring (bicyclic) bond motifs is 2. The van der Waals surface area contributed by atoms with E-state index in [2.05, 4.69) is 17.3 Å². The van der Waals surface area contributed by atoms with Crippen molar-refractivity contribution in [3.05, 3.63) is 52.3 Å². The van der Waals surface area contributed by atoms with Gasteiger partial charge in [-0.05, 0) is 56.1 Å². The Morgan fingerprint density at radius 2 is 2.18 bits per heavy atom. The van der Waals surface area contributed by atoms with E-state index < -0.39 is 4.92 Å². The Hall–Kier alpha value is -2.90. The Labute approximate surface area is 163 Å². The molecule has 1 aromatic heterocycles. The molecule has 2 saturated carbocycles. The number of aromatic nitrogens is 2. The maximum absolute atomic E-state index is 12.5. The van der Waals surface area contributed by atoms with Crippen LogP contribution in [0.5, 0.6) is 5.75 Å². The summed E-state index contributed by atoms with van der Waals surface area (Å²) in [6, 6.07) is 7.93. The molecule has 0 saturated heterocycles. The molecule has 1 aromatic carbocycles. The van der Waals surface area contributed by atoms with Gasteiger partial charge < -0.3 is 10.1 Å². The second-order valence-electron chi connectivity index (χ2n) is 7.84. The van der Waals surface area contributed by atoms with Gasteiger partial charge in [0.25, 0.3) is 5.91 Å². The summed E-state index contributed by atoms with van der Waals surface area (Å²) >= 11 is 0. The first kappa shape index (κ1) is 18.5. The molecule has 2 aromatic rings. The zero-order chi connectivity index (χ0) is 19.7. The van der Waals surface area contributed by atoms with Crippen LogP contribution < -0.4 is 10.1 Å². The molecule has 1 heterocycles. The third-order valence-corrected chi connectivity index (χ3v) is 6.08. The summed E-state index contributed by atoms with van der Waals surface area (Å²) in [6.07, 6.45) is 6.78. The lowest BCUT2D eigenvalue weighted by atomic mass is 9.84. The van der Waals surface area contributed by atoms with Crippen LogP contribution in [0, 0.1) is 27.9 Å². The van der Waals surface area contributed by atoms with E-state index in [4.69, 9.17) is 4.74 Å². The van der Waals surface area contributed by atoms with Crippen molar-refractivity contribution in [1.29, 1.82) is 0 Å². The second-order valence-corrected chi connectivity index (χ2v) is 7.84. The van der Waals surface area contributed by atoms with E-state index in [1.807, 2.05) is 0 Å². The van der Waals surface area contributed by atoms with E-state index in [0.717, 1.165) is 11.8 Å². The molecule has 2 aliphatic rings. The molecule has 0 radical (unpaired) electrons. The highest BCUT2D eigenvalue weighted by atomic mass is 16.6. The predicted octanol–water partition coefficient (Wildman–Crippen LogP) is 3.38. The highest BCUT2D eigenvalue weighted by Gasteiger charge is 2.42. The highest BCUT2D eigenvalue weighted by Crippen LogP contribution is 2.49. The number of amides is 1.